The summed E-state index contributed by atoms with van der Waals surface area (Å²) in [5.74, 6) is 1.03. The topological polar surface area (TPSA) is 9.23 Å². The van der Waals surface area contributed by atoms with Crippen molar-refractivity contribution in [1.82, 2.24) is 0 Å². The highest BCUT2D eigenvalue weighted by Crippen LogP contribution is 2.36. The van der Waals surface area contributed by atoms with Gasteiger partial charge in [0.15, 0.2) is 0 Å². The van der Waals surface area contributed by atoms with Gasteiger partial charge in [-0.15, -0.1) is 22.9 Å². The van der Waals surface area contributed by atoms with Gasteiger partial charge in [-0.1, -0.05) is 19.1 Å². The number of alkyl halides is 1. The first-order chi connectivity index (χ1) is 9.28. The van der Waals surface area contributed by atoms with Crippen molar-refractivity contribution < 1.29 is 4.74 Å². The monoisotopic (exact) mass is 292 g/mol. The summed E-state index contributed by atoms with van der Waals surface area (Å²) < 4.78 is 5.64. The summed E-state index contributed by atoms with van der Waals surface area (Å²) in [6, 6.07) is 10.7. The van der Waals surface area contributed by atoms with Crippen LogP contribution in [0.25, 0.3) is 0 Å². The molecule has 1 aromatic carbocycles. The lowest BCUT2D eigenvalue weighted by atomic mass is 10.0. The third-order valence-corrected chi connectivity index (χ3v) is 5.42. The maximum Gasteiger partial charge on any atom is 0.122 e. The van der Waals surface area contributed by atoms with E-state index in [2.05, 4.69) is 37.3 Å². The number of fused-ring (bicyclic) bond motifs is 1. The van der Waals surface area contributed by atoms with Crippen molar-refractivity contribution in [2.24, 2.45) is 0 Å². The lowest BCUT2D eigenvalue weighted by Gasteiger charge is -2.19. The van der Waals surface area contributed by atoms with Crippen molar-refractivity contribution in [3.8, 4) is 5.75 Å². The SMILES string of the molecule is CCc1ccc(C(Cl)c2ccc3c(c2)CCCO3)s1. The minimum absolute atomic E-state index is 0.0440. The standard InChI is InChI=1S/C16H17ClOS/c1-2-13-6-8-15(19-13)16(17)12-5-7-14-11(10-12)4-3-9-18-14/h5-8,10,16H,2-4,9H2,1H3. The normalized spacial score (nSPS) is 15.7. The van der Waals surface area contributed by atoms with E-state index in [1.54, 1.807) is 0 Å². The molecule has 3 rings (SSSR count). The Morgan fingerprint density at radius 2 is 2.21 bits per heavy atom. The Hall–Kier alpha value is -0.990. The smallest absolute Gasteiger partial charge is 0.122 e. The molecule has 19 heavy (non-hydrogen) atoms. The van der Waals surface area contributed by atoms with Crippen LogP contribution in [0.5, 0.6) is 5.75 Å². The molecule has 2 aromatic rings. The average Bonchev–Trinajstić information content (AvgIpc) is 2.95. The van der Waals surface area contributed by atoms with E-state index in [0.717, 1.165) is 31.6 Å². The van der Waals surface area contributed by atoms with Crippen LogP contribution in [-0.2, 0) is 12.8 Å². The summed E-state index contributed by atoms with van der Waals surface area (Å²) >= 11 is 8.42. The van der Waals surface area contributed by atoms with Crippen LogP contribution in [0.15, 0.2) is 30.3 Å². The highest BCUT2D eigenvalue weighted by Gasteiger charge is 2.17. The Morgan fingerprint density at radius 1 is 1.32 bits per heavy atom. The van der Waals surface area contributed by atoms with Gasteiger partial charge in [-0.3, -0.25) is 0 Å². The lowest BCUT2D eigenvalue weighted by Crippen LogP contribution is -2.08. The maximum absolute atomic E-state index is 6.61. The summed E-state index contributed by atoms with van der Waals surface area (Å²) in [5.41, 5.74) is 2.47. The first-order valence-electron chi connectivity index (χ1n) is 6.76. The van der Waals surface area contributed by atoms with Crippen molar-refractivity contribution in [2.45, 2.75) is 31.6 Å². The zero-order chi connectivity index (χ0) is 13.2. The second kappa shape index (κ2) is 5.56. The average molecular weight is 293 g/mol. The Balaban J connectivity index is 1.88. The molecule has 0 fully saturated rings. The largest absolute Gasteiger partial charge is 0.493 e. The molecule has 2 heterocycles. The van der Waals surface area contributed by atoms with Crippen molar-refractivity contribution in [3.05, 3.63) is 51.2 Å². The second-order valence-electron chi connectivity index (χ2n) is 4.84. The lowest BCUT2D eigenvalue weighted by molar-refractivity contribution is 0.288. The molecule has 1 aliphatic rings. The molecule has 0 saturated carbocycles. The first kappa shape index (κ1) is 13.0. The first-order valence-corrected chi connectivity index (χ1v) is 8.01. The molecular weight excluding hydrogens is 276 g/mol. The van der Waals surface area contributed by atoms with Crippen molar-refractivity contribution in [1.29, 1.82) is 0 Å². The Morgan fingerprint density at radius 3 is 3.00 bits per heavy atom. The second-order valence-corrected chi connectivity index (χ2v) is 6.48. The predicted molar refractivity (Wildman–Crippen MR) is 81.7 cm³/mol. The fourth-order valence-corrected chi connectivity index (χ4v) is 3.72. The minimum Gasteiger partial charge on any atom is -0.493 e. The quantitative estimate of drug-likeness (QED) is 0.726. The highest BCUT2D eigenvalue weighted by molar-refractivity contribution is 7.12. The Kier molecular flexibility index (Phi) is 3.81. The van der Waals surface area contributed by atoms with Gasteiger partial charge in [0, 0.05) is 9.75 Å². The molecule has 0 N–H and O–H groups in total. The number of benzene rings is 1. The third kappa shape index (κ3) is 2.65. The number of thiophene rings is 1. The van der Waals surface area contributed by atoms with Crippen LogP contribution >= 0.6 is 22.9 Å². The van der Waals surface area contributed by atoms with Crippen LogP contribution in [-0.4, -0.2) is 6.61 Å². The van der Waals surface area contributed by atoms with E-state index in [1.807, 2.05) is 11.3 Å². The minimum atomic E-state index is -0.0440. The van der Waals surface area contributed by atoms with E-state index in [1.165, 1.54) is 20.9 Å². The van der Waals surface area contributed by atoms with Crippen LogP contribution in [0.4, 0.5) is 0 Å². The summed E-state index contributed by atoms with van der Waals surface area (Å²) in [6.45, 7) is 3.01. The van der Waals surface area contributed by atoms with Gasteiger partial charge < -0.3 is 4.74 Å². The summed E-state index contributed by atoms with van der Waals surface area (Å²) in [7, 11) is 0. The predicted octanol–water partition coefficient (Wildman–Crippen LogP) is 4.96. The molecule has 3 heteroatoms. The van der Waals surface area contributed by atoms with Crippen LogP contribution in [0.3, 0.4) is 0 Å². The van der Waals surface area contributed by atoms with Gasteiger partial charge >= 0.3 is 0 Å². The van der Waals surface area contributed by atoms with E-state index in [0.29, 0.717) is 0 Å². The molecule has 1 aromatic heterocycles. The van der Waals surface area contributed by atoms with E-state index in [4.69, 9.17) is 16.3 Å². The van der Waals surface area contributed by atoms with Crippen molar-refractivity contribution >= 4 is 22.9 Å². The van der Waals surface area contributed by atoms with Gasteiger partial charge in [0.05, 0.1) is 12.0 Å². The van der Waals surface area contributed by atoms with Crippen molar-refractivity contribution in [2.75, 3.05) is 6.61 Å². The summed E-state index contributed by atoms with van der Waals surface area (Å²) in [4.78, 5) is 2.62. The number of rotatable bonds is 3. The highest BCUT2D eigenvalue weighted by atomic mass is 35.5. The van der Waals surface area contributed by atoms with E-state index < -0.39 is 0 Å². The number of aryl methyl sites for hydroxylation is 2. The van der Waals surface area contributed by atoms with Crippen LogP contribution in [0.2, 0.25) is 0 Å². The molecular formula is C16H17ClOS. The molecule has 0 aliphatic carbocycles. The molecule has 1 nitrogen and oxygen atoms in total. The van der Waals surface area contributed by atoms with Gasteiger partial charge in [0.25, 0.3) is 0 Å². The van der Waals surface area contributed by atoms with Crippen LogP contribution < -0.4 is 4.74 Å². The van der Waals surface area contributed by atoms with Gasteiger partial charge in [-0.2, -0.15) is 0 Å². The zero-order valence-corrected chi connectivity index (χ0v) is 12.6. The van der Waals surface area contributed by atoms with E-state index in [9.17, 15) is 0 Å². The third-order valence-electron chi connectivity index (χ3n) is 3.51. The van der Waals surface area contributed by atoms with Gasteiger partial charge in [-0.05, 0) is 48.6 Å². The molecule has 0 amide bonds. The van der Waals surface area contributed by atoms with Gasteiger partial charge in [0.1, 0.15) is 5.75 Å². The van der Waals surface area contributed by atoms with Gasteiger partial charge in [-0.25, -0.2) is 0 Å². The molecule has 0 bridgehead atoms. The Bertz CT molecular complexity index is 576. The molecule has 100 valence electrons. The number of hydrogen-bond donors (Lipinski definition) is 0. The van der Waals surface area contributed by atoms with E-state index >= 15 is 0 Å². The zero-order valence-electron chi connectivity index (χ0n) is 11.0. The van der Waals surface area contributed by atoms with Crippen LogP contribution in [0, 0.1) is 0 Å². The summed E-state index contributed by atoms with van der Waals surface area (Å²) in [5, 5.41) is -0.0440. The molecule has 0 saturated heterocycles. The molecule has 0 spiro atoms. The molecule has 0 radical (unpaired) electrons. The van der Waals surface area contributed by atoms with Gasteiger partial charge in [0.2, 0.25) is 0 Å². The molecule has 1 aliphatic heterocycles. The molecule has 1 atom stereocenters. The van der Waals surface area contributed by atoms with Crippen molar-refractivity contribution in [3.63, 3.8) is 0 Å². The summed E-state index contributed by atoms with van der Waals surface area (Å²) in [6.07, 6.45) is 3.27. The number of ether oxygens (including phenoxy) is 1. The number of hydrogen-bond acceptors (Lipinski definition) is 2. The Labute approximate surface area is 123 Å². The van der Waals surface area contributed by atoms with Crippen LogP contribution in [0.1, 0.15) is 39.6 Å². The molecule has 1 unspecified atom stereocenters. The fourth-order valence-electron chi connectivity index (χ4n) is 2.42. The maximum atomic E-state index is 6.61. The van der Waals surface area contributed by atoms with E-state index in [-0.39, 0.29) is 5.38 Å². The fraction of sp³-hybridized carbons (Fsp3) is 0.375. The number of halogens is 1.